The highest BCUT2D eigenvalue weighted by Gasteiger charge is 2.45. The molecule has 0 bridgehead atoms. The predicted molar refractivity (Wildman–Crippen MR) is 127 cm³/mol. The van der Waals surface area contributed by atoms with Crippen LogP contribution in [0.15, 0.2) is 54.6 Å². The van der Waals surface area contributed by atoms with Gasteiger partial charge in [-0.15, -0.1) is 0 Å². The largest absolute Gasteiger partial charge is 0.359 e. The van der Waals surface area contributed by atoms with Crippen molar-refractivity contribution in [2.45, 2.75) is 39.7 Å². The van der Waals surface area contributed by atoms with Crippen LogP contribution in [-0.4, -0.2) is 51.6 Å². The molecular formula is C26H31N5O2. The van der Waals surface area contributed by atoms with Crippen LogP contribution in [0.1, 0.15) is 30.1 Å². The monoisotopic (exact) mass is 445 g/mol. The minimum atomic E-state index is -0.644. The quantitative estimate of drug-likeness (QED) is 0.606. The number of amides is 2. The van der Waals surface area contributed by atoms with Crippen LogP contribution < -0.4 is 5.32 Å². The van der Waals surface area contributed by atoms with Gasteiger partial charge in [-0.1, -0.05) is 54.6 Å². The SMILES string of the molecule is CNC(=O)C1(Cc2ccccc2-c2ccccc2)CCN(C(=O)CCn2nc(C)nc2C)C1. The maximum Gasteiger partial charge on any atom is 0.228 e. The lowest BCUT2D eigenvalue weighted by Gasteiger charge is -2.28. The van der Waals surface area contributed by atoms with Gasteiger partial charge < -0.3 is 10.2 Å². The molecule has 1 N–H and O–H groups in total. The van der Waals surface area contributed by atoms with E-state index in [0.29, 0.717) is 44.7 Å². The molecule has 2 heterocycles. The van der Waals surface area contributed by atoms with E-state index in [-0.39, 0.29) is 11.8 Å². The summed E-state index contributed by atoms with van der Waals surface area (Å²) in [6, 6.07) is 18.4. The number of aryl methyl sites for hydroxylation is 3. The maximum atomic E-state index is 13.1. The molecule has 3 aromatic rings. The van der Waals surface area contributed by atoms with E-state index >= 15 is 0 Å². The fourth-order valence-electron chi connectivity index (χ4n) is 4.83. The van der Waals surface area contributed by atoms with E-state index in [2.05, 4.69) is 39.7 Å². The number of nitrogens with one attached hydrogen (secondary N) is 1. The van der Waals surface area contributed by atoms with Crippen LogP contribution in [0.2, 0.25) is 0 Å². The molecule has 7 nitrogen and oxygen atoms in total. The molecule has 1 saturated heterocycles. The van der Waals surface area contributed by atoms with Crippen LogP contribution in [0.3, 0.4) is 0 Å². The van der Waals surface area contributed by atoms with E-state index in [4.69, 9.17) is 0 Å². The zero-order valence-electron chi connectivity index (χ0n) is 19.5. The van der Waals surface area contributed by atoms with Crippen molar-refractivity contribution in [2.24, 2.45) is 5.41 Å². The van der Waals surface area contributed by atoms with Gasteiger partial charge in [0.1, 0.15) is 11.6 Å². The van der Waals surface area contributed by atoms with Gasteiger partial charge >= 0.3 is 0 Å². The summed E-state index contributed by atoms with van der Waals surface area (Å²) >= 11 is 0. The van der Waals surface area contributed by atoms with Gasteiger partial charge in [-0.05, 0) is 43.4 Å². The van der Waals surface area contributed by atoms with Gasteiger partial charge in [0.15, 0.2) is 0 Å². The van der Waals surface area contributed by atoms with E-state index in [1.165, 1.54) is 0 Å². The highest BCUT2D eigenvalue weighted by molar-refractivity contribution is 5.86. The van der Waals surface area contributed by atoms with Crippen molar-refractivity contribution in [3.05, 3.63) is 71.8 Å². The molecule has 1 aromatic heterocycles. The summed E-state index contributed by atoms with van der Waals surface area (Å²) in [5, 5.41) is 7.20. The zero-order chi connectivity index (χ0) is 23.4. The van der Waals surface area contributed by atoms with Crippen LogP contribution in [0, 0.1) is 19.3 Å². The number of rotatable bonds is 7. The molecule has 7 heteroatoms. The number of likely N-dealkylation sites (tertiary alicyclic amines) is 1. The Hall–Kier alpha value is -3.48. The molecule has 0 radical (unpaired) electrons. The highest BCUT2D eigenvalue weighted by Crippen LogP contribution is 2.37. The normalized spacial score (nSPS) is 17.8. The molecule has 172 valence electrons. The molecule has 33 heavy (non-hydrogen) atoms. The van der Waals surface area contributed by atoms with Gasteiger partial charge in [0.25, 0.3) is 0 Å². The molecule has 1 aliphatic heterocycles. The Morgan fingerprint density at radius 2 is 1.79 bits per heavy atom. The topological polar surface area (TPSA) is 80.1 Å². The minimum absolute atomic E-state index is 0.0107. The first-order valence-corrected chi connectivity index (χ1v) is 11.4. The summed E-state index contributed by atoms with van der Waals surface area (Å²) in [5.74, 6) is 1.55. The van der Waals surface area contributed by atoms with E-state index in [0.717, 1.165) is 22.5 Å². The molecule has 1 atom stereocenters. The van der Waals surface area contributed by atoms with Crippen LogP contribution in [0.5, 0.6) is 0 Å². The van der Waals surface area contributed by atoms with Gasteiger partial charge in [-0.2, -0.15) is 5.10 Å². The Bertz CT molecular complexity index is 1140. The standard InChI is InChI=1S/C26H31N5O2/c1-19-28-20(2)31(29-19)15-13-24(32)30-16-14-26(18-30,25(33)27-3)17-22-11-7-8-12-23(22)21-9-5-4-6-10-21/h4-12H,13-18H2,1-3H3,(H,27,33). The Balaban J connectivity index is 1.52. The lowest BCUT2D eigenvalue weighted by molar-refractivity contribution is -0.133. The number of hydrogen-bond donors (Lipinski definition) is 1. The Morgan fingerprint density at radius 1 is 1.06 bits per heavy atom. The Morgan fingerprint density at radius 3 is 2.48 bits per heavy atom. The summed E-state index contributed by atoms with van der Waals surface area (Å²) in [6.45, 7) is 5.23. The summed E-state index contributed by atoms with van der Waals surface area (Å²) < 4.78 is 1.77. The van der Waals surface area contributed by atoms with Crippen LogP contribution in [0.4, 0.5) is 0 Å². The second kappa shape index (κ2) is 9.57. The van der Waals surface area contributed by atoms with E-state index in [1.54, 1.807) is 11.7 Å². The molecular weight excluding hydrogens is 414 g/mol. The first-order chi connectivity index (χ1) is 15.9. The molecule has 1 aliphatic rings. The number of benzene rings is 2. The van der Waals surface area contributed by atoms with Crippen molar-refractivity contribution >= 4 is 11.8 Å². The van der Waals surface area contributed by atoms with Crippen molar-refractivity contribution in [2.75, 3.05) is 20.1 Å². The average molecular weight is 446 g/mol. The zero-order valence-corrected chi connectivity index (χ0v) is 19.5. The molecule has 1 unspecified atom stereocenters. The predicted octanol–water partition coefficient (Wildman–Crippen LogP) is 3.16. The van der Waals surface area contributed by atoms with Crippen molar-refractivity contribution in [1.82, 2.24) is 25.0 Å². The second-order valence-corrected chi connectivity index (χ2v) is 8.80. The van der Waals surface area contributed by atoms with Crippen molar-refractivity contribution in [3.8, 4) is 11.1 Å². The Kier molecular flexibility index (Phi) is 6.58. The maximum absolute atomic E-state index is 13.1. The fraction of sp³-hybridized carbons (Fsp3) is 0.385. The molecule has 1 fully saturated rings. The molecule has 2 aromatic carbocycles. The molecule has 4 rings (SSSR count). The number of carbonyl (C=O) groups is 2. The number of nitrogens with zero attached hydrogens (tertiary/aromatic N) is 4. The lowest BCUT2D eigenvalue weighted by atomic mass is 9.78. The number of aromatic nitrogens is 3. The first-order valence-electron chi connectivity index (χ1n) is 11.4. The van der Waals surface area contributed by atoms with Crippen molar-refractivity contribution in [3.63, 3.8) is 0 Å². The van der Waals surface area contributed by atoms with E-state index in [9.17, 15) is 9.59 Å². The van der Waals surface area contributed by atoms with Gasteiger partial charge in [0.05, 0.1) is 12.0 Å². The third-order valence-electron chi connectivity index (χ3n) is 6.55. The number of carbonyl (C=O) groups excluding carboxylic acids is 2. The minimum Gasteiger partial charge on any atom is -0.359 e. The van der Waals surface area contributed by atoms with Crippen LogP contribution in [0.25, 0.3) is 11.1 Å². The lowest BCUT2D eigenvalue weighted by Crippen LogP contribution is -2.44. The molecule has 0 saturated carbocycles. The van der Waals surface area contributed by atoms with Gasteiger partial charge in [0.2, 0.25) is 11.8 Å². The van der Waals surface area contributed by atoms with Crippen LogP contribution in [-0.2, 0) is 22.6 Å². The van der Waals surface area contributed by atoms with Crippen molar-refractivity contribution in [1.29, 1.82) is 0 Å². The first kappa shape index (κ1) is 22.7. The number of hydrogen-bond acceptors (Lipinski definition) is 4. The average Bonchev–Trinajstić information content (AvgIpc) is 3.41. The molecule has 0 spiro atoms. The Labute approximate surface area is 194 Å². The summed E-state index contributed by atoms with van der Waals surface area (Å²) in [5.41, 5.74) is 2.73. The van der Waals surface area contributed by atoms with Gasteiger partial charge in [0, 0.05) is 26.6 Å². The third kappa shape index (κ3) is 4.82. The van der Waals surface area contributed by atoms with Crippen LogP contribution >= 0.6 is 0 Å². The third-order valence-corrected chi connectivity index (χ3v) is 6.55. The summed E-state index contributed by atoms with van der Waals surface area (Å²) in [4.78, 5) is 32.3. The van der Waals surface area contributed by atoms with E-state index < -0.39 is 5.41 Å². The second-order valence-electron chi connectivity index (χ2n) is 8.80. The highest BCUT2D eigenvalue weighted by atomic mass is 16.2. The van der Waals surface area contributed by atoms with Crippen molar-refractivity contribution < 1.29 is 9.59 Å². The molecule has 2 amide bonds. The van der Waals surface area contributed by atoms with E-state index in [1.807, 2.05) is 49.1 Å². The van der Waals surface area contributed by atoms with Gasteiger partial charge in [-0.3, -0.25) is 9.59 Å². The smallest absolute Gasteiger partial charge is 0.228 e. The fourth-order valence-corrected chi connectivity index (χ4v) is 4.83. The molecule has 0 aliphatic carbocycles. The van der Waals surface area contributed by atoms with Gasteiger partial charge in [-0.25, -0.2) is 9.67 Å². The summed E-state index contributed by atoms with van der Waals surface area (Å²) in [6.07, 6.45) is 1.57. The summed E-state index contributed by atoms with van der Waals surface area (Å²) in [7, 11) is 1.67.